The Balaban J connectivity index is 2.29. The lowest BCUT2D eigenvalue weighted by Gasteiger charge is -2.00. The van der Waals surface area contributed by atoms with Gasteiger partial charge >= 0.3 is 5.97 Å². The summed E-state index contributed by atoms with van der Waals surface area (Å²) in [5.74, 6) is -0.897. The maximum atomic E-state index is 11.3. The summed E-state index contributed by atoms with van der Waals surface area (Å²) in [5, 5.41) is 15.2. The summed E-state index contributed by atoms with van der Waals surface area (Å²) < 4.78 is 1.40. The number of rotatable bonds is 3. The summed E-state index contributed by atoms with van der Waals surface area (Å²) in [4.78, 5) is 25.9. The number of pyridine rings is 1. The molecule has 0 aromatic carbocycles. The predicted octanol–water partition coefficient (Wildman–Crippen LogP) is 0.325. The van der Waals surface area contributed by atoms with Crippen LogP contribution in [0, 0.1) is 0 Å². The molecule has 0 aliphatic heterocycles. The third kappa shape index (κ3) is 2.19. The molecule has 2 N–H and O–H groups in total. The Hall–Kier alpha value is -2.70. The minimum absolute atomic E-state index is 0.0948. The Kier molecular flexibility index (Phi) is 3.05. The van der Waals surface area contributed by atoms with Gasteiger partial charge in [-0.3, -0.25) is 4.79 Å². The number of nitrogens with one attached hydrogen (secondary N) is 1. The number of aromatic carboxylic acids is 1. The van der Waals surface area contributed by atoms with Gasteiger partial charge in [-0.25, -0.2) is 14.5 Å². The van der Waals surface area contributed by atoms with Crippen molar-refractivity contribution >= 4 is 11.9 Å². The number of carbonyl (C=O) groups excluding carboxylic acids is 1. The zero-order valence-corrected chi connectivity index (χ0v) is 9.49. The van der Waals surface area contributed by atoms with E-state index in [1.807, 2.05) is 0 Å². The number of nitrogens with zero attached hydrogens (tertiary/aromatic N) is 3. The van der Waals surface area contributed by atoms with Crippen LogP contribution in [-0.4, -0.2) is 38.8 Å². The fraction of sp³-hybridized carbons (Fsp3) is 0.0909. The molecule has 0 aliphatic rings. The zero-order chi connectivity index (χ0) is 13.1. The molecule has 7 heteroatoms. The average Bonchev–Trinajstić information content (AvgIpc) is 2.87. The van der Waals surface area contributed by atoms with Crippen molar-refractivity contribution in [2.45, 2.75) is 0 Å². The molecule has 2 aromatic rings. The second-order valence-electron chi connectivity index (χ2n) is 3.43. The van der Waals surface area contributed by atoms with Crippen LogP contribution in [0.3, 0.4) is 0 Å². The highest BCUT2D eigenvalue weighted by molar-refractivity contribution is 5.91. The van der Waals surface area contributed by atoms with Gasteiger partial charge in [0.15, 0.2) is 11.5 Å². The molecule has 0 radical (unpaired) electrons. The Morgan fingerprint density at radius 2 is 2.11 bits per heavy atom. The van der Waals surface area contributed by atoms with Gasteiger partial charge in [0.05, 0.1) is 5.56 Å². The highest BCUT2D eigenvalue weighted by Gasteiger charge is 2.09. The van der Waals surface area contributed by atoms with Gasteiger partial charge in [-0.15, -0.1) is 0 Å². The number of carbonyl (C=O) groups is 2. The first-order valence-electron chi connectivity index (χ1n) is 5.09. The van der Waals surface area contributed by atoms with Crippen LogP contribution in [0.1, 0.15) is 20.8 Å². The number of aromatic nitrogens is 3. The van der Waals surface area contributed by atoms with E-state index in [-0.39, 0.29) is 17.2 Å². The van der Waals surface area contributed by atoms with Crippen molar-refractivity contribution in [2.75, 3.05) is 7.05 Å². The molecule has 2 heterocycles. The normalized spacial score (nSPS) is 10.1. The fourth-order valence-electron chi connectivity index (χ4n) is 1.35. The summed E-state index contributed by atoms with van der Waals surface area (Å²) in [6, 6.07) is 4.49. The van der Waals surface area contributed by atoms with Gasteiger partial charge in [-0.05, 0) is 18.2 Å². The maximum Gasteiger partial charge on any atom is 0.337 e. The topological polar surface area (TPSA) is 97.1 Å². The lowest BCUT2D eigenvalue weighted by molar-refractivity contribution is 0.0696. The lowest BCUT2D eigenvalue weighted by Crippen LogP contribution is -2.18. The van der Waals surface area contributed by atoms with Crippen molar-refractivity contribution in [1.82, 2.24) is 20.1 Å². The molecule has 0 spiro atoms. The first-order chi connectivity index (χ1) is 8.61. The van der Waals surface area contributed by atoms with Crippen LogP contribution in [0.4, 0.5) is 0 Å². The van der Waals surface area contributed by atoms with Crippen LogP contribution in [0.5, 0.6) is 0 Å². The van der Waals surface area contributed by atoms with E-state index in [1.54, 1.807) is 12.3 Å². The molecule has 0 fully saturated rings. The predicted molar refractivity (Wildman–Crippen MR) is 61.7 cm³/mol. The van der Waals surface area contributed by atoms with Crippen LogP contribution in [0.25, 0.3) is 5.82 Å². The molecule has 0 saturated carbocycles. The molecular weight excluding hydrogens is 236 g/mol. The minimum atomic E-state index is -1.04. The third-order valence-electron chi connectivity index (χ3n) is 2.28. The van der Waals surface area contributed by atoms with Crippen molar-refractivity contribution in [3.63, 3.8) is 0 Å². The Morgan fingerprint density at radius 1 is 1.33 bits per heavy atom. The van der Waals surface area contributed by atoms with Gasteiger partial charge in [-0.2, -0.15) is 5.10 Å². The molecule has 0 unspecified atom stereocenters. The van der Waals surface area contributed by atoms with Crippen molar-refractivity contribution in [2.24, 2.45) is 0 Å². The Labute approximate surface area is 102 Å². The summed E-state index contributed by atoms with van der Waals surface area (Å²) in [6.45, 7) is 0. The van der Waals surface area contributed by atoms with E-state index < -0.39 is 5.97 Å². The van der Waals surface area contributed by atoms with Crippen molar-refractivity contribution < 1.29 is 14.7 Å². The first-order valence-corrected chi connectivity index (χ1v) is 5.09. The molecule has 1 amide bonds. The van der Waals surface area contributed by atoms with E-state index in [0.29, 0.717) is 5.82 Å². The molecule has 0 aliphatic carbocycles. The molecule has 0 saturated heterocycles. The van der Waals surface area contributed by atoms with Gasteiger partial charge in [0.1, 0.15) is 0 Å². The Bertz CT molecular complexity index is 589. The van der Waals surface area contributed by atoms with Gasteiger partial charge < -0.3 is 10.4 Å². The number of carboxylic acid groups (broad SMARTS) is 1. The molecule has 2 aromatic heterocycles. The summed E-state index contributed by atoms with van der Waals surface area (Å²) in [5.41, 5.74) is 0.360. The molecule has 7 nitrogen and oxygen atoms in total. The zero-order valence-electron chi connectivity index (χ0n) is 9.49. The Morgan fingerprint density at radius 3 is 2.67 bits per heavy atom. The number of hydrogen-bond donors (Lipinski definition) is 2. The van der Waals surface area contributed by atoms with E-state index in [9.17, 15) is 9.59 Å². The summed E-state index contributed by atoms with van der Waals surface area (Å²) in [6.07, 6.45) is 2.81. The number of amides is 1. The van der Waals surface area contributed by atoms with E-state index in [0.717, 1.165) is 0 Å². The fourth-order valence-corrected chi connectivity index (χ4v) is 1.35. The molecule has 0 atom stereocenters. The molecule has 0 bridgehead atoms. The van der Waals surface area contributed by atoms with Crippen molar-refractivity contribution in [1.29, 1.82) is 0 Å². The quantitative estimate of drug-likeness (QED) is 0.813. The van der Waals surface area contributed by atoms with Crippen molar-refractivity contribution in [3.05, 3.63) is 41.9 Å². The minimum Gasteiger partial charge on any atom is -0.478 e. The van der Waals surface area contributed by atoms with E-state index in [4.69, 9.17) is 5.11 Å². The third-order valence-corrected chi connectivity index (χ3v) is 2.28. The second kappa shape index (κ2) is 4.66. The van der Waals surface area contributed by atoms with Gasteiger partial charge in [0.2, 0.25) is 0 Å². The summed E-state index contributed by atoms with van der Waals surface area (Å²) >= 11 is 0. The lowest BCUT2D eigenvalue weighted by atomic mass is 10.3. The van der Waals surface area contributed by atoms with E-state index in [1.165, 1.54) is 30.1 Å². The van der Waals surface area contributed by atoms with Crippen LogP contribution in [0.15, 0.2) is 30.6 Å². The number of carboxylic acids is 1. The monoisotopic (exact) mass is 246 g/mol. The molecule has 92 valence electrons. The van der Waals surface area contributed by atoms with Gasteiger partial charge in [0, 0.05) is 19.4 Å². The van der Waals surface area contributed by atoms with E-state index >= 15 is 0 Å². The first kappa shape index (κ1) is 11.8. The molecular formula is C11H10N4O3. The molecule has 18 heavy (non-hydrogen) atoms. The van der Waals surface area contributed by atoms with Gasteiger partial charge in [0.25, 0.3) is 5.91 Å². The van der Waals surface area contributed by atoms with Crippen molar-refractivity contribution in [3.8, 4) is 5.82 Å². The van der Waals surface area contributed by atoms with E-state index in [2.05, 4.69) is 15.4 Å². The highest BCUT2D eigenvalue weighted by atomic mass is 16.4. The van der Waals surface area contributed by atoms with Gasteiger partial charge in [-0.1, -0.05) is 0 Å². The smallest absolute Gasteiger partial charge is 0.337 e. The van der Waals surface area contributed by atoms with Crippen LogP contribution < -0.4 is 5.32 Å². The largest absolute Gasteiger partial charge is 0.478 e. The second-order valence-corrected chi connectivity index (χ2v) is 3.43. The van der Waals surface area contributed by atoms with Crippen LogP contribution >= 0.6 is 0 Å². The van der Waals surface area contributed by atoms with Crippen LogP contribution in [-0.2, 0) is 0 Å². The number of hydrogen-bond acceptors (Lipinski definition) is 4. The van der Waals surface area contributed by atoms with Crippen LogP contribution in [0.2, 0.25) is 0 Å². The maximum absolute atomic E-state index is 11.3. The summed E-state index contributed by atoms with van der Waals surface area (Å²) in [7, 11) is 1.52. The standard InChI is InChI=1S/C11H10N4O3/c1-12-10(16)8-4-5-15(14-8)9-3-2-7(6-13-9)11(17)18/h2-6H,1H3,(H,12,16)(H,17,18). The SMILES string of the molecule is CNC(=O)c1ccn(-c2ccc(C(=O)O)cn2)n1. The molecule has 2 rings (SSSR count). The highest BCUT2D eigenvalue weighted by Crippen LogP contribution is 2.06. The average molecular weight is 246 g/mol.